The first-order valence-corrected chi connectivity index (χ1v) is 8.73. The zero-order chi connectivity index (χ0) is 17.6. The van der Waals surface area contributed by atoms with E-state index in [0.717, 1.165) is 30.7 Å². The molecule has 1 atom stereocenters. The molecule has 0 fully saturated rings. The fourth-order valence-electron chi connectivity index (χ4n) is 2.80. The molecule has 132 valence electrons. The minimum Gasteiger partial charge on any atom is -0.485 e. The molecule has 0 amide bonds. The fourth-order valence-corrected chi connectivity index (χ4v) is 2.80. The van der Waals surface area contributed by atoms with Crippen LogP contribution in [0, 0.1) is 5.82 Å². The number of nitrogens with one attached hydrogen (secondary N) is 1. The number of fused-ring (bicyclic) bond motifs is 1. The van der Waals surface area contributed by atoms with Gasteiger partial charge in [0.25, 0.3) is 0 Å². The Labute approximate surface area is 147 Å². The molecule has 3 aromatic rings. The van der Waals surface area contributed by atoms with E-state index >= 15 is 0 Å². The van der Waals surface area contributed by atoms with Gasteiger partial charge in [0.15, 0.2) is 11.4 Å². The van der Waals surface area contributed by atoms with Crippen LogP contribution in [-0.2, 0) is 13.0 Å². The fraction of sp³-hybridized carbons (Fsp3) is 0.350. The summed E-state index contributed by atoms with van der Waals surface area (Å²) in [6.45, 7) is 5.51. The highest BCUT2D eigenvalue weighted by Gasteiger charge is 2.11. The standard InChI is InChI=1S/C20H24FN3O/c1-3-10-22-15(2)12-17-13-24-11-6-9-19(20(24)23-17)25-14-16-7-4-5-8-18(16)21/h4-9,11,13,15,22H,3,10,12,14H2,1-2H3. The number of halogens is 1. The Morgan fingerprint density at radius 3 is 2.88 bits per heavy atom. The molecule has 2 heterocycles. The van der Waals surface area contributed by atoms with E-state index in [1.807, 2.05) is 28.9 Å². The van der Waals surface area contributed by atoms with Crippen LogP contribution >= 0.6 is 0 Å². The predicted molar refractivity (Wildman–Crippen MR) is 97.4 cm³/mol. The summed E-state index contributed by atoms with van der Waals surface area (Å²) < 4.78 is 21.5. The number of aromatic nitrogens is 2. The summed E-state index contributed by atoms with van der Waals surface area (Å²) in [5.41, 5.74) is 2.31. The van der Waals surface area contributed by atoms with Gasteiger partial charge >= 0.3 is 0 Å². The van der Waals surface area contributed by atoms with E-state index < -0.39 is 0 Å². The van der Waals surface area contributed by atoms with Gasteiger partial charge in [0.1, 0.15) is 12.4 Å². The lowest BCUT2D eigenvalue weighted by molar-refractivity contribution is 0.301. The second-order valence-corrected chi connectivity index (χ2v) is 6.27. The van der Waals surface area contributed by atoms with Crippen molar-refractivity contribution in [2.75, 3.05) is 6.54 Å². The Hall–Kier alpha value is -2.40. The van der Waals surface area contributed by atoms with Crippen LogP contribution in [0.4, 0.5) is 4.39 Å². The first-order chi connectivity index (χ1) is 12.2. The van der Waals surface area contributed by atoms with Gasteiger partial charge in [-0.3, -0.25) is 0 Å². The molecule has 0 saturated carbocycles. The molecular formula is C20H24FN3O. The largest absolute Gasteiger partial charge is 0.485 e. The van der Waals surface area contributed by atoms with Crippen molar-refractivity contribution < 1.29 is 9.13 Å². The van der Waals surface area contributed by atoms with Gasteiger partial charge in [-0.25, -0.2) is 9.37 Å². The predicted octanol–water partition coefficient (Wildman–Crippen LogP) is 3.98. The number of hydrogen-bond acceptors (Lipinski definition) is 3. The normalized spacial score (nSPS) is 12.4. The molecule has 0 aliphatic heterocycles. The summed E-state index contributed by atoms with van der Waals surface area (Å²) in [7, 11) is 0. The molecule has 25 heavy (non-hydrogen) atoms. The molecule has 1 N–H and O–H groups in total. The van der Waals surface area contributed by atoms with Gasteiger partial charge in [0.05, 0.1) is 5.69 Å². The van der Waals surface area contributed by atoms with Crippen LogP contribution in [0.15, 0.2) is 48.8 Å². The highest BCUT2D eigenvalue weighted by atomic mass is 19.1. The minimum absolute atomic E-state index is 0.184. The average Bonchev–Trinajstić information content (AvgIpc) is 3.02. The zero-order valence-corrected chi connectivity index (χ0v) is 14.7. The van der Waals surface area contributed by atoms with Crippen LogP contribution in [0.2, 0.25) is 0 Å². The average molecular weight is 341 g/mol. The Balaban J connectivity index is 1.74. The van der Waals surface area contributed by atoms with E-state index in [0.29, 0.717) is 17.4 Å². The van der Waals surface area contributed by atoms with Crippen molar-refractivity contribution in [3.8, 4) is 5.75 Å². The quantitative estimate of drug-likeness (QED) is 0.673. The molecular weight excluding hydrogens is 317 g/mol. The van der Waals surface area contributed by atoms with Crippen LogP contribution < -0.4 is 10.1 Å². The second-order valence-electron chi connectivity index (χ2n) is 6.27. The van der Waals surface area contributed by atoms with Crippen molar-refractivity contribution >= 4 is 5.65 Å². The number of pyridine rings is 1. The number of rotatable bonds is 8. The van der Waals surface area contributed by atoms with Crippen molar-refractivity contribution in [2.24, 2.45) is 0 Å². The zero-order valence-electron chi connectivity index (χ0n) is 14.7. The van der Waals surface area contributed by atoms with Crippen LogP contribution in [0.3, 0.4) is 0 Å². The summed E-state index contributed by atoms with van der Waals surface area (Å²) in [6, 6.07) is 10.8. The molecule has 1 unspecified atom stereocenters. The third-order valence-corrected chi connectivity index (χ3v) is 4.10. The van der Waals surface area contributed by atoms with Gasteiger partial charge in [-0.05, 0) is 38.1 Å². The smallest absolute Gasteiger partial charge is 0.179 e. The number of nitrogens with zero attached hydrogens (tertiary/aromatic N) is 2. The van der Waals surface area contributed by atoms with Crippen molar-refractivity contribution in [1.82, 2.24) is 14.7 Å². The maximum Gasteiger partial charge on any atom is 0.179 e. The van der Waals surface area contributed by atoms with E-state index in [1.165, 1.54) is 6.07 Å². The molecule has 0 bridgehead atoms. The lowest BCUT2D eigenvalue weighted by Gasteiger charge is -2.10. The number of hydrogen-bond donors (Lipinski definition) is 1. The van der Waals surface area contributed by atoms with Crippen LogP contribution in [-0.4, -0.2) is 22.0 Å². The third kappa shape index (κ3) is 4.37. The minimum atomic E-state index is -0.255. The van der Waals surface area contributed by atoms with E-state index in [1.54, 1.807) is 18.2 Å². The molecule has 3 rings (SSSR count). The summed E-state index contributed by atoms with van der Waals surface area (Å²) >= 11 is 0. The molecule has 0 aliphatic carbocycles. The maximum absolute atomic E-state index is 13.7. The summed E-state index contributed by atoms with van der Waals surface area (Å²) in [5, 5.41) is 3.47. The molecule has 4 nitrogen and oxygen atoms in total. The van der Waals surface area contributed by atoms with Crippen molar-refractivity contribution in [1.29, 1.82) is 0 Å². The number of benzene rings is 1. The van der Waals surface area contributed by atoms with E-state index in [9.17, 15) is 4.39 Å². The summed E-state index contributed by atoms with van der Waals surface area (Å²) in [5.74, 6) is 0.403. The molecule has 0 saturated heterocycles. The van der Waals surface area contributed by atoms with Crippen molar-refractivity contribution in [2.45, 2.75) is 39.3 Å². The molecule has 0 aliphatic rings. The SMILES string of the molecule is CCCNC(C)Cc1cn2cccc(OCc3ccccc3F)c2n1. The summed E-state index contributed by atoms with van der Waals surface area (Å²) in [4.78, 5) is 4.70. The van der Waals surface area contributed by atoms with Gasteiger partial charge in [-0.1, -0.05) is 25.1 Å². The monoisotopic (exact) mass is 341 g/mol. The third-order valence-electron chi connectivity index (χ3n) is 4.10. The Morgan fingerprint density at radius 1 is 1.24 bits per heavy atom. The van der Waals surface area contributed by atoms with E-state index in [2.05, 4.69) is 19.2 Å². The Morgan fingerprint density at radius 2 is 2.08 bits per heavy atom. The van der Waals surface area contributed by atoms with Gasteiger partial charge < -0.3 is 14.5 Å². The molecule has 1 aromatic carbocycles. The maximum atomic E-state index is 13.7. The van der Waals surface area contributed by atoms with Gasteiger partial charge in [0, 0.05) is 30.4 Å². The van der Waals surface area contributed by atoms with Crippen molar-refractivity contribution in [3.05, 3.63) is 65.9 Å². The van der Waals surface area contributed by atoms with E-state index in [4.69, 9.17) is 9.72 Å². The number of ether oxygens (including phenoxy) is 1. The van der Waals surface area contributed by atoms with Gasteiger partial charge in [-0.2, -0.15) is 0 Å². The van der Waals surface area contributed by atoms with Gasteiger partial charge in [0.2, 0.25) is 0 Å². The molecule has 2 aromatic heterocycles. The van der Waals surface area contributed by atoms with Crippen LogP contribution in [0.25, 0.3) is 5.65 Å². The Kier molecular flexibility index (Phi) is 5.66. The lowest BCUT2D eigenvalue weighted by Crippen LogP contribution is -2.28. The highest BCUT2D eigenvalue weighted by Crippen LogP contribution is 2.21. The molecule has 0 spiro atoms. The molecule has 0 radical (unpaired) electrons. The number of imidazole rings is 1. The second kappa shape index (κ2) is 8.12. The first-order valence-electron chi connectivity index (χ1n) is 8.73. The van der Waals surface area contributed by atoms with Crippen LogP contribution in [0.5, 0.6) is 5.75 Å². The topological polar surface area (TPSA) is 38.6 Å². The lowest BCUT2D eigenvalue weighted by atomic mass is 10.2. The van der Waals surface area contributed by atoms with Gasteiger partial charge in [-0.15, -0.1) is 0 Å². The van der Waals surface area contributed by atoms with E-state index in [-0.39, 0.29) is 12.4 Å². The van der Waals surface area contributed by atoms with Crippen LogP contribution in [0.1, 0.15) is 31.5 Å². The Bertz CT molecular complexity index is 831. The highest BCUT2D eigenvalue weighted by molar-refractivity contribution is 5.54. The summed E-state index contributed by atoms with van der Waals surface area (Å²) in [6.07, 6.45) is 5.94. The molecule has 5 heteroatoms. The first kappa shape index (κ1) is 17.4. The van der Waals surface area contributed by atoms with Crippen molar-refractivity contribution in [3.63, 3.8) is 0 Å².